The predicted octanol–water partition coefficient (Wildman–Crippen LogP) is 2.60. The van der Waals surface area contributed by atoms with Gasteiger partial charge in [-0.2, -0.15) is 0 Å². The van der Waals surface area contributed by atoms with E-state index in [2.05, 4.69) is 30.7 Å². The van der Waals surface area contributed by atoms with Crippen LogP contribution in [0.4, 0.5) is 9.59 Å². The molecule has 0 aliphatic heterocycles. The summed E-state index contributed by atoms with van der Waals surface area (Å²) in [6.45, 7) is 10.4. The van der Waals surface area contributed by atoms with E-state index in [0.717, 1.165) is 0 Å². The molecule has 4 atom stereocenters. The van der Waals surface area contributed by atoms with Crippen molar-refractivity contribution in [3.63, 3.8) is 0 Å². The van der Waals surface area contributed by atoms with Gasteiger partial charge in [0.05, 0.1) is 26.4 Å². The third kappa shape index (κ3) is 16.5. The normalized spacial score (nSPS) is 21.5. The molecule has 3 rings (SSSR count). The highest BCUT2D eigenvalue weighted by Crippen LogP contribution is 2.58. The number of carbonyl (C=O) groups excluding carboxylic acids is 4. The highest BCUT2D eigenvalue weighted by Gasteiger charge is 2.48. The summed E-state index contributed by atoms with van der Waals surface area (Å²) in [5.74, 6) is 4.16. The molecule has 40 heavy (non-hydrogen) atoms. The van der Waals surface area contributed by atoms with Crippen molar-refractivity contribution in [3.8, 4) is 0 Å². The van der Waals surface area contributed by atoms with Gasteiger partial charge in [-0.1, -0.05) is 6.42 Å². The fraction of sp³-hybridized carbons (Fsp3) is 0.857. The SMILES string of the molecule is C1CC2C3CCC(C3)C2C1.CCNC(=O)NCCOCCOC(C)=O.CCNC(=O)NCCOCCOC(C)=O. The third-order valence-corrected chi connectivity index (χ3v) is 7.15. The maximum atomic E-state index is 10.9. The van der Waals surface area contributed by atoms with E-state index in [1.807, 2.05) is 13.8 Å². The average molecular weight is 573 g/mol. The summed E-state index contributed by atoms with van der Waals surface area (Å²) < 4.78 is 19.5. The van der Waals surface area contributed by atoms with Gasteiger partial charge in [0.1, 0.15) is 13.2 Å². The molecular formula is C28H52N4O8. The number of esters is 2. The summed E-state index contributed by atoms with van der Waals surface area (Å²) >= 11 is 0. The molecule has 3 saturated carbocycles. The molecule has 4 amide bonds. The zero-order valence-corrected chi connectivity index (χ0v) is 24.9. The van der Waals surface area contributed by atoms with E-state index in [1.54, 1.807) is 38.5 Å². The van der Waals surface area contributed by atoms with Crippen LogP contribution in [-0.4, -0.2) is 89.8 Å². The van der Waals surface area contributed by atoms with Crippen molar-refractivity contribution in [2.75, 3.05) is 65.8 Å². The summed E-state index contributed by atoms with van der Waals surface area (Å²) in [6.07, 6.45) is 9.53. The van der Waals surface area contributed by atoms with E-state index in [9.17, 15) is 19.2 Å². The Balaban J connectivity index is 0.000000304. The Labute approximate surface area is 239 Å². The predicted molar refractivity (Wildman–Crippen MR) is 151 cm³/mol. The number of urea groups is 2. The average Bonchev–Trinajstić information content (AvgIpc) is 3.64. The smallest absolute Gasteiger partial charge is 0.314 e. The van der Waals surface area contributed by atoms with Crippen molar-refractivity contribution in [3.05, 3.63) is 0 Å². The molecule has 12 nitrogen and oxygen atoms in total. The van der Waals surface area contributed by atoms with Gasteiger partial charge in [-0.05, 0) is 69.6 Å². The van der Waals surface area contributed by atoms with Gasteiger partial charge >= 0.3 is 24.0 Å². The van der Waals surface area contributed by atoms with Crippen LogP contribution >= 0.6 is 0 Å². The van der Waals surface area contributed by atoms with Gasteiger partial charge < -0.3 is 40.2 Å². The van der Waals surface area contributed by atoms with Crippen LogP contribution in [0.25, 0.3) is 0 Å². The first-order chi connectivity index (χ1) is 19.3. The van der Waals surface area contributed by atoms with Gasteiger partial charge in [-0.15, -0.1) is 0 Å². The summed E-state index contributed by atoms with van der Waals surface area (Å²) in [4.78, 5) is 42.4. The Morgan fingerprint density at radius 2 is 1.02 bits per heavy atom. The molecule has 0 aromatic rings. The lowest BCUT2D eigenvalue weighted by Gasteiger charge is -2.23. The van der Waals surface area contributed by atoms with Crippen LogP contribution in [0.3, 0.4) is 0 Å². The second-order valence-electron chi connectivity index (χ2n) is 10.1. The first-order valence-electron chi connectivity index (χ1n) is 14.7. The van der Waals surface area contributed by atoms with Crippen molar-refractivity contribution in [1.82, 2.24) is 21.3 Å². The second kappa shape index (κ2) is 22.1. The van der Waals surface area contributed by atoms with Gasteiger partial charge in [0.15, 0.2) is 0 Å². The molecule has 0 spiro atoms. The quantitative estimate of drug-likeness (QED) is 0.183. The van der Waals surface area contributed by atoms with E-state index >= 15 is 0 Å². The standard InChI is InChI=1S/C10H16.2C9H18N2O4/c1-2-9-7-4-5-8(6-7)10(9)3-1;2*1-3-10-9(13)11-4-5-14-6-7-15-8(2)12/h7-10H,1-6H2;2*3-7H2,1-2H3,(H2,10,11,13). The minimum absolute atomic E-state index is 0.207. The third-order valence-electron chi connectivity index (χ3n) is 7.15. The maximum Gasteiger partial charge on any atom is 0.314 e. The lowest BCUT2D eigenvalue weighted by Crippen LogP contribution is -2.37. The van der Waals surface area contributed by atoms with Crippen molar-refractivity contribution >= 4 is 24.0 Å². The minimum Gasteiger partial charge on any atom is -0.463 e. The topological polar surface area (TPSA) is 153 Å². The van der Waals surface area contributed by atoms with Crippen LogP contribution in [-0.2, 0) is 28.5 Å². The number of fused-ring (bicyclic) bond motifs is 5. The van der Waals surface area contributed by atoms with Crippen molar-refractivity contribution in [2.45, 2.75) is 66.2 Å². The second-order valence-corrected chi connectivity index (χ2v) is 10.1. The molecule has 0 aromatic carbocycles. The van der Waals surface area contributed by atoms with Crippen LogP contribution in [0.15, 0.2) is 0 Å². The highest BCUT2D eigenvalue weighted by molar-refractivity contribution is 5.74. The van der Waals surface area contributed by atoms with Crippen molar-refractivity contribution < 1.29 is 38.1 Å². The number of carbonyl (C=O) groups is 4. The number of amides is 4. The molecule has 0 saturated heterocycles. The molecule has 4 N–H and O–H groups in total. The van der Waals surface area contributed by atoms with Crippen LogP contribution in [0, 0.1) is 23.7 Å². The van der Waals surface area contributed by atoms with Crippen molar-refractivity contribution in [2.24, 2.45) is 23.7 Å². The van der Waals surface area contributed by atoms with E-state index in [1.165, 1.54) is 37.5 Å². The molecule has 0 radical (unpaired) electrons. The Bertz CT molecular complexity index is 681. The van der Waals surface area contributed by atoms with Gasteiger partial charge in [0, 0.05) is 40.0 Å². The highest BCUT2D eigenvalue weighted by atomic mass is 16.6. The molecule has 0 aromatic heterocycles. The van der Waals surface area contributed by atoms with E-state index < -0.39 is 0 Å². The number of rotatable bonds is 14. The van der Waals surface area contributed by atoms with Crippen LogP contribution in [0.5, 0.6) is 0 Å². The van der Waals surface area contributed by atoms with Crippen molar-refractivity contribution in [1.29, 1.82) is 0 Å². The maximum absolute atomic E-state index is 10.9. The zero-order valence-electron chi connectivity index (χ0n) is 24.9. The Hall–Kier alpha value is -2.60. The Morgan fingerprint density at radius 1 is 0.600 bits per heavy atom. The molecule has 0 heterocycles. The van der Waals surface area contributed by atoms with E-state index in [0.29, 0.717) is 52.6 Å². The summed E-state index contributed by atoms with van der Waals surface area (Å²) in [7, 11) is 0. The Kier molecular flexibility index (Phi) is 19.6. The number of ether oxygens (including phenoxy) is 4. The largest absolute Gasteiger partial charge is 0.463 e. The van der Waals surface area contributed by atoms with Gasteiger partial charge in [0.25, 0.3) is 0 Å². The molecule has 2 bridgehead atoms. The summed E-state index contributed by atoms with van der Waals surface area (Å²) in [5.41, 5.74) is 0. The number of nitrogens with one attached hydrogen (secondary N) is 4. The van der Waals surface area contributed by atoms with E-state index in [-0.39, 0.29) is 37.2 Å². The lowest BCUT2D eigenvalue weighted by molar-refractivity contribution is -0.143. The Morgan fingerprint density at radius 3 is 1.40 bits per heavy atom. The number of hydrogen-bond donors (Lipinski definition) is 4. The summed E-state index contributed by atoms with van der Waals surface area (Å²) in [6, 6.07) is -0.415. The first kappa shape index (κ1) is 35.4. The number of hydrogen-bond acceptors (Lipinski definition) is 8. The lowest BCUT2D eigenvalue weighted by atomic mass is 9.82. The first-order valence-corrected chi connectivity index (χ1v) is 14.7. The van der Waals surface area contributed by atoms with Gasteiger partial charge in [-0.3, -0.25) is 9.59 Å². The zero-order chi connectivity index (χ0) is 29.6. The molecule has 4 unspecified atom stereocenters. The van der Waals surface area contributed by atoms with Gasteiger partial charge in [-0.25, -0.2) is 9.59 Å². The molecule has 12 heteroatoms. The summed E-state index contributed by atoms with van der Waals surface area (Å²) in [5, 5.41) is 10.4. The van der Waals surface area contributed by atoms with Crippen LogP contribution < -0.4 is 21.3 Å². The van der Waals surface area contributed by atoms with E-state index in [4.69, 9.17) is 9.47 Å². The minimum atomic E-state index is -0.320. The van der Waals surface area contributed by atoms with Gasteiger partial charge in [0.2, 0.25) is 0 Å². The van der Waals surface area contributed by atoms with Crippen LogP contribution in [0.1, 0.15) is 66.2 Å². The molecule has 3 aliphatic carbocycles. The fourth-order valence-electron chi connectivity index (χ4n) is 5.63. The monoisotopic (exact) mass is 572 g/mol. The molecule has 3 fully saturated rings. The molecular weight excluding hydrogens is 520 g/mol. The fourth-order valence-corrected chi connectivity index (χ4v) is 5.63. The molecule has 3 aliphatic rings. The molecule has 232 valence electrons. The van der Waals surface area contributed by atoms with Crippen LogP contribution in [0.2, 0.25) is 0 Å².